The summed E-state index contributed by atoms with van der Waals surface area (Å²) in [5, 5.41) is 0. The van der Waals surface area contributed by atoms with Crippen LogP contribution >= 0.6 is 0 Å². The van der Waals surface area contributed by atoms with Crippen LogP contribution in [-0.2, 0) is 14.8 Å². The SMILES string of the molecule is Cc1ccc(-c2nccn2[C@@H]2COC[C@@H]2CS(=O)(=O)N(C)C)c(F)c1F. The van der Waals surface area contributed by atoms with E-state index in [1.165, 1.54) is 43.7 Å². The highest BCUT2D eigenvalue weighted by Crippen LogP contribution is 2.33. The first-order valence-electron chi connectivity index (χ1n) is 8.18. The summed E-state index contributed by atoms with van der Waals surface area (Å²) in [5.74, 6) is -2.02. The largest absolute Gasteiger partial charge is 0.379 e. The van der Waals surface area contributed by atoms with Gasteiger partial charge in [-0.3, -0.25) is 0 Å². The number of nitrogens with zero attached hydrogens (tertiary/aromatic N) is 3. The standard InChI is InChI=1S/C17H21F2N3O3S/c1-11-4-5-13(16(19)15(11)18)17-20-6-7-22(17)14-9-25-8-12(14)10-26(23,24)21(2)3/h4-7,12,14H,8-10H2,1-3H3/t12-,14-/m1/s1. The molecule has 0 amide bonds. The van der Waals surface area contributed by atoms with Crippen LogP contribution in [0.1, 0.15) is 11.6 Å². The van der Waals surface area contributed by atoms with E-state index in [1.807, 2.05) is 0 Å². The van der Waals surface area contributed by atoms with Crippen molar-refractivity contribution >= 4 is 10.0 Å². The van der Waals surface area contributed by atoms with Gasteiger partial charge >= 0.3 is 0 Å². The van der Waals surface area contributed by atoms with Crippen LogP contribution in [0.5, 0.6) is 0 Å². The number of sulfonamides is 1. The summed E-state index contributed by atoms with van der Waals surface area (Å²) in [4.78, 5) is 4.17. The predicted molar refractivity (Wildman–Crippen MR) is 93.1 cm³/mol. The number of benzene rings is 1. The minimum absolute atomic E-state index is 0.0409. The average Bonchev–Trinajstić information content (AvgIpc) is 3.21. The van der Waals surface area contributed by atoms with Crippen LogP contribution in [0.4, 0.5) is 8.78 Å². The highest BCUT2D eigenvalue weighted by molar-refractivity contribution is 7.89. The van der Waals surface area contributed by atoms with E-state index in [-0.39, 0.29) is 47.9 Å². The Bertz CT molecular complexity index is 912. The molecule has 142 valence electrons. The molecule has 2 aromatic rings. The van der Waals surface area contributed by atoms with Crippen molar-refractivity contribution in [1.29, 1.82) is 0 Å². The van der Waals surface area contributed by atoms with Gasteiger partial charge in [0.15, 0.2) is 11.6 Å². The molecular weight excluding hydrogens is 364 g/mol. The Hall–Kier alpha value is -1.84. The lowest BCUT2D eigenvalue weighted by molar-refractivity contribution is 0.182. The first-order chi connectivity index (χ1) is 12.2. The van der Waals surface area contributed by atoms with Crippen LogP contribution in [-0.4, -0.2) is 55.3 Å². The van der Waals surface area contributed by atoms with E-state index in [9.17, 15) is 17.2 Å². The first kappa shape index (κ1) is 18.9. The topological polar surface area (TPSA) is 64.4 Å². The molecule has 0 N–H and O–H groups in total. The zero-order valence-electron chi connectivity index (χ0n) is 14.8. The van der Waals surface area contributed by atoms with Gasteiger partial charge in [-0.15, -0.1) is 0 Å². The summed E-state index contributed by atoms with van der Waals surface area (Å²) in [6.07, 6.45) is 3.13. The second-order valence-electron chi connectivity index (χ2n) is 6.64. The molecule has 0 bridgehead atoms. The van der Waals surface area contributed by atoms with E-state index in [2.05, 4.69) is 4.98 Å². The van der Waals surface area contributed by atoms with Crippen molar-refractivity contribution in [3.63, 3.8) is 0 Å². The fourth-order valence-corrected chi connectivity index (χ4v) is 4.24. The van der Waals surface area contributed by atoms with Crippen LogP contribution in [0, 0.1) is 24.5 Å². The molecule has 0 aliphatic carbocycles. The second kappa shape index (κ2) is 7.05. The monoisotopic (exact) mass is 385 g/mol. The lowest BCUT2D eigenvalue weighted by Gasteiger charge is -2.22. The van der Waals surface area contributed by atoms with Gasteiger partial charge in [0.2, 0.25) is 10.0 Å². The summed E-state index contributed by atoms with van der Waals surface area (Å²) in [7, 11) is -0.459. The van der Waals surface area contributed by atoms with Crippen molar-refractivity contribution < 1.29 is 21.9 Å². The van der Waals surface area contributed by atoms with Crippen molar-refractivity contribution in [2.75, 3.05) is 33.1 Å². The Morgan fingerprint density at radius 2 is 2.00 bits per heavy atom. The van der Waals surface area contributed by atoms with Gasteiger partial charge < -0.3 is 9.30 Å². The van der Waals surface area contributed by atoms with E-state index < -0.39 is 21.7 Å². The third kappa shape index (κ3) is 3.38. The highest BCUT2D eigenvalue weighted by Gasteiger charge is 2.35. The summed E-state index contributed by atoms with van der Waals surface area (Å²) in [5.41, 5.74) is 0.253. The minimum atomic E-state index is -3.42. The van der Waals surface area contributed by atoms with Gasteiger partial charge in [0.1, 0.15) is 5.82 Å². The molecule has 1 fully saturated rings. The van der Waals surface area contributed by atoms with E-state index in [0.717, 1.165) is 0 Å². The first-order valence-corrected chi connectivity index (χ1v) is 9.79. The Kier molecular flexibility index (Phi) is 5.14. The Morgan fingerprint density at radius 3 is 2.69 bits per heavy atom. The van der Waals surface area contributed by atoms with Crippen molar-refractivity contribution in [3.8, 4) is 11.4 Å². The summed E-state index contributed by atoms with van der Waals surface area (Å²) in [6.45, 7) is 2.05. The summed E-state index contributed by atoms with van der Waals surface area (Å²) < 4.78 is 61.2. The molecule has 2 heterocycles. The van der Waals surface area contributed by atoms with Crippen LogP contribution in [0.3, 0.4) is 0 Å². The fourth-order valence-electron chi connectivity index (χ4n) is 3.08. The normalized spacial score (nSPS) is 20.8. The number of imidazole rings is 1. The van der Waals surface area contributed by atoms with Gasteiger partial charge in [-0.05, 0) is 18.6 Å². The highest BCUT2D eigenvalue weighted by atomic mass is 32.2. The zero-order chi connectivity index (χ0) is 19.1. The zero-order valence-corrected chi connectivity index (χ0v) is 15.6. The molecular formula is C17H21F2N3O3S. The van der Waals surface area contributed by atoms with E-state index in [4.69, 9.17) is 4.74 Å². The van der Waals surface area contributed by atoms with Gasteiger partial charge in [-0.1, -0.05) is 6.07 Å². The number of rotatable bonds is 5. The van der Waals surface area contributed by atoms with Crippen molar-refractivity contribution in [2.45, 2.75) is 13.0 Å². The molecule has 1 aliphatic rings. The Morgan fingerprint density at radius 1 is 1.27 bits per heavy atom. The molecule has 0 spiro atoms. The van der Waals surface area contributed by atoms with Crippen LogP contribution in [0.2, 0.25) is 0 Å². The van der Waals surface area contributed by atoms with Crippen LogP contribution < -0.4 is 0 Å². The average molecular weight is 385 g/mol. The molecule has 9 heteroatoms. The lowest BCUT2D eigenvalue weighted by Crippen LogP contribution is -2.32. The molecule has 2 atom stereocenters. The third-order valence-electron chi connectivity index (χ3n) is 4.69. The molecule has 1 aromatic heterocycles. The predicted octanol–water partition coefficient (Wildman–Crippen LogP) is 2.22. The van der Waals surface area contributed by atoms with Crippen LogP contribution in [0.25, 0.3) is 11.4 Å². The smallest absolute Gasteiger partial charge is 0.214 e. The van der Waals surface area contributed by atoms with Gasteiger partial charge in [0.25, 0.3) is 0 Å². The number of ether oxygens (including phenoxy) is 1. The van der Waals surface area contributed by atoms with Gasteiger partial charge in [-0.2, -0.15) is 0 Å². The molecule has 26 heavy (non-hydrogen) atoms. The minimum Gasteiger partial charge on any atom is -0.379 e. The van der Waals surface area contributed by atoms with Gasteiger partial charge in [-0.25, -0.2) is 26.5 Å². The Balaban J connectivity index is 1.97. The van der Waals surface area contributed by atoms with E-state index in [0.29, 0.717) is 0 Å². The number of aryl methyl sites for hydroxylation is 1. The maximum absolute atomic E-state index is 14.4. The molecule has 1 aromatic carbocycles. The fraction of sp³-hybridized carbons (Fsp3) is 0.471. The lowest BCUT2D eigenvalue weighted by atomic mass is 10.0. The second-order valence-corrected chi connectivity index (χ2v) is 8.87. The molecule has 6 nitrogen and oxygen atoms in total. The number of halogens is 2. The maximum Gasteiger partial charge on any atom is 0.214 e. The number of hydrogen-bond donors (Lipinski definition) is 0. The molecule has 3 rings (SSSR count). The number of hydrogen-bond acceptors (Lipinski definition) is 4. The Labute approximate surface area is 151 Å². The summed E-state index contributed by atoms with van der Waals surface area (Å²) in [6, 6.07) is 2.64. The van der Waals surface area contributed by atoms with Crippen molar-refractivity contribution in [1.82, 2.24) is 13.9 Å². The maximum atomic E-state index is 14.4. The molecule has 1 saturated heterocycles. The molecule has 0 unspecified atom stereocenters. The van der Waals surface area contributed by atoms with Gasteiger partial charge in [0, 0.05) is 32.4 Å². The van der Waals surface area contributed by atoms with Crippen molar-refractivity contribution in [3.05, 3.63) is 41.7 Å². The van der Waals surface area contributed by atoms with E-state index in [1.54, 1.807) is 10.8 Å². The van der Waals surface area contributed by atoms with Crippen molar-refractivity contribution in [2.24, 2.45) is 5.92 Å². The third-order valence-corrected chi connectivity index (χ3v) is 6.65. The van der Waals surface area contributed by atoms with Gasteiger partial charge in [0.05, 0.1) is 30.6 Å². The summed E-state index contributed by atoms with van der Waals surface area (Å²) >= 11 is 0. The molecule has 0 radical (unpaired) electrons. The molecule has 0 saturated carbocycles. The quantitative estimate of drug-likeness (QED) is 0.792. The molecule has 1 aliphatic heterocycles. The number of aromatic nitrogens is 2. The van der Waals surface area contributed by atoms with E-state index >= 15 is 0 Å². The van der Waals surface area contributed by atoms with Crippen LogP contribution in [0.15, 0.2) is 24.5 Å².